The molecule has 0 aliphatic heterocycles. The van der Waals surface area contributed by atoms with E-state index in [0.717, 1.165) is 0 Å². The first kappa shape index (κ1) is 9.03. The van der Waals surface area contributed by atoms with Gasteiger partial charge in [0.15, 0.2) is 6.29 Å². The van der Waals surface area contributed by atoms with Crippen LogP contribution in [0.3, 0.4) is 0 Å². The van der Waals surface area contributed by atoms with Crippen LogP contribution in [0.5, 0.6) is 0 Å². The summed E-state index contributed by atoms with van der Waals surface area (Å²) >= 11 is -2.05. The molecule has 0 aromatic heterocycles. The van der Waals surface area contributed by atoms with Crippen molar-refractivity contribution >= 4 is 11.1 Å². The maximum absolute atomic E-state index is 9.82. The van der Waals surface area contributed by atoms with Crippen LogP contribution in [0, 0.1) is 0 Å². The molecule has 0 spiro atoms. The molecule has 2 N–H and O–H groups in total. The van der Waals surface area contributed by atoms with Crippen LogP contribution >= 0.6 is 0 Å². The van der Waals surface area contributed by atoms with Gasteiger partial charge in [-0.3, -0.25) is 4.21 Å². The largest absolute Gasteiger partial charge is 0.772 e. The first-order chi connectivity index (χ1) is 4.13. The van der Waals surface area contributed by atoms with Gasteiger partial charge in [0.1, 0.15) is 0 Å². The summed E-state index contributed by atoms with van der Waals surface area (Å²) in [5.41, 5.74) is 0. The van der Waals surface area contributed by atoms with E-state index in [2.05, 4.69) is 0 Å². The van der Waals surface area contributed by atoms with Crippen LogP contribution in [-0.4, -0.2) is 31.0 Å². The minimum atomic E-state index is -2.05. The minimum absolute atomic E-state index is 0.00236. The lowest BCUT2D eigenvalue weighted by molar-refractivity contribution is -0.0452. The Kier molecular flexibility index (Phi) is 4.88. The number of aliphatic hydroxyl groups is 2. The van der Waals surface area contributed by atoms with Crippen LogP contribution in [-0.2, 0) is 11.1 Å². The third-order valence-electron chi connectivity index (χ3n) is 0.773. The van der Waals surface area contributed by atoms with Crippen molar-refractivity contribution in [2.75, 3.05) is 5.75 Å². The molecule has 1 unspecified atom stereocenters. The summed E-state index contributed by atoms with van der Waals surface area (Å²) in [6.07, 6.45) is -0.963. The van der Waals surface area contributed by atoms with Crippen LogP contribution in [0.4, 0.5) is 0 Å². The molecule has 0 bridgehead atoms. The van der Waals surface area contributed by atoms with E-state index in [1.165, 1.54) is 0 Å². The summed E-state index contributed by atoms with van der Waals surface area (Å²) in [4.78, 5) is 0. The average Bonchev–Trinajstić information content (AvgIpc) is 1.63. The van der Waals surface area contributed by atoms with Gasteiger partial charge in [0.05, 0.1) is 0 Å². The first-order valence-electron chi connectivity index (χ1n) is 2.55. The van der Waals surface area contributed by atoms with Crippen LogP contribution in [0.15, 0.2) is 0 Å². The van der Waals surface area contributed by atoms with Gasteiger partial charge in [-0.1, -0.05) is 11.1 Å². The lowest BCUT2D eigenvalue weighted by atomic mass is 10.3. The Labute approximate surface area is 55.8 Å². The van der Waals surface area contributed by atoms with Crippen molar-refractivity contribution in [1.29, 1.82) is 0 Å². The van der Waals surface area contributed by atoms with Gasteiger partial charge in [0.25, 0.3) is 0 Å². The maximum Gasteiger partial charge on any atom is 0.151 e. The van der Waals surface area contributed by atoms with E-state index >= 15 is 0 Å². The molecule has 0 radical (unpaired) electrons. The third-order valence-corrected chi connectivity index (χ3v) is 1.40. The topological polar surface area (TPSA) is 80.6 Å². The molecule has 0 aliphatic rings. The molecule has 1 atom stereocenters. The molecule has 0 rings (SSSR count). The Balaban J connectivity index is 3.01. The smallest absolute Gasteiger partial charge is 0.151 e. The van der Waals surface area contributed by atoms with Gasteiger partial charge < -0.3 is 14.8 Å². The Morgan fingerprint density at radius 1 is 1.56 bits per heavy atom. The fourth-order valence-electron chi connectivity index (χ4n) is 0.384. The van der Waals surface area contributed by atoms with Crippen LogP contribution in [0.1, 0.15) is 12.8 Å². The highest BCUT2D eigenvalue weighted by Gasteiger charge is 1.95. The molecule has 0 aromatic carbocycles. The number of aliphatic hydroxyl groups excluding tert-OH is 1. The Morgan fingerprint density at radius 3 is 2.44 bits per heavy atom. The molecule has 56 valence electrons. The van der Waals surface area contributed by atoms with Gasteiger partial charge in [-0.15, -0.1) is 0 Å². The zero-order valence-corrected chi connectivity index (χ0v) is 5.63. The normalized spacial score (nSPS) is 14.2. The summed E-state index contributed by atoms with van der Waals surface area (Å²) in [5, 5.41) is 16.4. The molecule has 9 heavy (non-hydrogen) atoms. The standard InChI is InChI=1S/C4H10O4S/c5-4(6)2-1-3-9(7)8/h4-6H,1-3H2,(H,7,8)/p-1. The molecule has 0 heterocycles. The van der Waals surface area contributed by atoms with Crippen molar-refractivity contribution in [3.8, 4) is 0 Å². The SMILES string of the molecule is O=S([O-])CCCC(O)O. The van der Waals surface area contributed by atoms with E-state index < -0.39 is 17.4 Å². The van der Waals surface area contributed by atoms with Gasteiger partial charge in [-0.05, 0) is 12.8 Å². The minimum Gasteiger partial charge on any atom is -0.772 e. The molecule has 0 fully saturated rings. The predicted molar refractivity (Wildman–Crippen MR) is 31.2 cm³/mol. The zero-order valence-electron chi connectivity index (χ0n) is 4.82. The molecule has 0 saturated heterocycles. The van der Waals surface area contributed by atoms with Crippen LogP contribution < -0.4 is 0 Å². The lowest BCUT2D eigenvalue weighted by Crippen LogP contribution is -2.06. The van der Waals surface area contributed by atoms with Gasteiger partial charge in [-0.25, -0.2) is 0 Å². The summed E-state index contributed by atoms with van der Waals surface area (Å²) in [5.74, 6) is -0.00236. The van der Waals surface area contributed by atoms with Crippen molar-refractivity contribution in [3.63, 3.8) is 0 Å². The number of rotatable bonds is 4. The second kappa shape index (κ2) is 4.87. The Hall–Kier alpha value is 0.0300. The molecule has 4 nitrogen and oxygen atoms in total. The van der Waals surface area contributed by atoms with Gasteiger partial charge in [0.2, 0.25) is 0 Å². The monoisotopic (exact) mass is 153 g/mol. The van der Waals surface area contributed by atoms with E-state index in [0.29, 0.717) is 6.42 Å². The van der Waals surface area contributed by atoms with Crippen molar-refractivity contribution in [2.45, 2.75) is 19.1 Å². The van der Waals surface area contributed by atoms with Gasteiger partial charge in [0, 0.05) is 5.75 Å². The highest BCUT2D eigenvalue weighted by molar-refractivity contribution is 7.79. The third kappa shape index (κ3) is 8.03. The maximum atomic E-state index is 9.82. The molecule has 0 saturated carbocycles. The van der Waals surface area contributed by atoms with Crippen LogP contribution in [0.25, 0.3) is 0 Å². The van der Waals surface area contributed by atoms with E-state index in [4.69, 9.17) is 10.2 Å². The fraction of sp³-hybridized carbons (Fsp3) is 1.00. The summed E-state index contributed by atoms with van der Waals surface area (Å²) in [6, 6.07) is 0. The highest BCUT2D eigenvalue weighted by Crippen LogP contribution is 1.93. The van der Waals surface area contributed by atoms with E-state index in [1.54, 1.807) is 0 Å². The molecular formula is C4H9O4S-. The summed E-state index contributed by atoms with van der Waals surface area (Å²) in [6.45, 7) is 0. The van der Waals surface area contributed by atoms with E-state index in [1.807, 2.05) is 0 Å². The van der Waals surface area contributed by atoms with Gasteiger partial charge in [-0.2, -0.15) is 0 Å². The molecule has 0 amide bonds. The molecule has 0 aliphatic carbocycles. The quantitative estimate of drug-likeness (QED) is 0.399. The molecular weight excluding hydrogens is 144 g/mol. The van der Waals surface area contributed by atoms with Crippen molar-refractivity contribution in [2.24, 2.45) is 0 Å². The molecule has 0 aromatic rings. The Morgan fingerprint density at radius 2 is 2.11 bits per heavy atom. The number of hydrogen-bond donors (Lipinski definition) is 2. The second-order valence-corrected chi connectivity index (χ2v) is 2.65. The predicted octanol–water partition coefficient (Wildman–Crippen LogP) is -1.04. The van der Waals surface area contributed by atoms with Crippen molar-refractivity contribution < 1.29 is 19.0 Å². The highest BCUT2D eigenvalue weighted by atomic mass is 32.2. The first-order valence-corrected chi connectivity index (χ1v) is 3.79. The Bertz CT molecular complexity index is 92.6. The summed E-state index contributed by atoms with van der Waals surface area (Å²) < 4.78 is 19.6. The number of hydrogen-bond acceptors (Lipinski definition) is 4. The average molecular weight is 153 g/mol. The zero-order chi connectivity index (χ0) is 7.28. The van der Waals surface area contributed by atoms with Crippen LogP contribution in [0.2, 0.25) is 0 Å². The van der Waals surface area contributed by atoms with Crippen molar-refractivity contribution in [3.05, 3.63) is 0 Å². The molecule has 5 heteroatoms. The summed E-state index contributed by atoms with van der Waals surface area (Å²) in [7, 11) is 0. The fourth-order valence-corrected chi connectivity index (χ4v) is 0.786. The van der Waals surface area contributed by atoms with Crippen molar-refractivity contribution in [1.82, 2.24) is 0 Å². The van der Waals surface area contributed by atoms with E-state index in [9.17, 15) is 8.76 Å². The van der Waals surface area contributed by atoms with E-state index in [-0.39, 0.29) is 12.2 Å². The van der Waals surface area contributed by atoms with Gasteiger partial charge >= 0.3 is 0 Å². The lowest BCUT2D eigenvalue weighted by Gasteiger charge is -2.04. The second-order valence-electron chi connectivity index (χ2n) is 1.63.